The van der Waals surface area contributed by atoms with Gasteiger partial charge in [-0.1, -0.05) is 12.1 Å². The Balaban J connectivity index is 1.55. The minimum atomic E-state index is -0.404. The summed E-state index contributed by atoms with van der Waals surface area (Å²) in [6, 6.07) is 11.7. The molecule has 27 heavy (non-hydrogen) atoms. The molecule has 6 heteroatoms. The number of aromatic nitrogens is 1. The Morgan fingerprint density at radius 2 is 2.04 bits per heavy atom. The number of carbonyl (C=O) groups excluding carboxylic acids is 1. The van der Waals surface area contributed by atoms with Crippen LogP contribution in [0.5, 0.6) is 11.6 Å². The van der Waals surface area contributed by atoms with Crippen LogP contribution in [0.3, 0.4) is 0 Å². The van der Waals surface area contributed by atoms with Gasteiger partial charge in [0.25, 0.3) is 0 Å². The first-order chi connectivity index (χ1) is 13.1. The van der Waals surface area contributed by atoms with Gasteiger partial charge in [0.15, 0.2) is 0 Å². The molecule has 6 nitrogen and oxygen atoms in total. The number of pyridine rings is 1. The highest BCUT2D eigenvalue weighted by atomic mass is 16.5. The molecule has 0 radical (unpaired) electrons. The lowest BCUT2D eigenvalue weighted by Crippen LogP contribution is -2.43. The number of piperazine rings is 1. The van der Waals surface area contributed by atoms with Crippen molar-refractivity contribution in [2.45, 2.75) is 32.3 Å². The lowest BCUT2D eigenvalue weighted by Gasteiger charge is -2.31. The lowest BCUT2D eigenvalue weighted by molar-refractivity contribution is -0.137. The highest BCUT2D eigenvalue weighted by Gasteiger charge is 2.31. The summed E-state index contributed by atoms with van der Waals surface area (Å²) in [7, 11) is 0. The average Bonchev–Trinajstić information content (AvgIpc) is 2.67. The van der Waals surface area contributed by atoms with Crippen LogP contribution >= 0.6 is 0 Å². The molecule has 1 saturated heterocycles. The Bertz CT molecular complexity index is 831. The smallest absolute Gasteiger partial charge is 0.320 e. The molecule has 0 aliphatic carbocycles. The van der Waals surface area contributed by atoms with Gasteiger partial charge in [-0.05, 0) is 38.0 Å². The summed E-state index contributed by atoms with van der Waals surface area (Å²) >= 11 is 0. The number of nitrogens with one attached hydrogen (secondary N) is 1. The van der Waals surface area contributed by atoms with Crippen molar-refractivity contribution in [3.8, 4) is 11.6 Å². The van der Waals surface area contributed by atoms with E-state index in [1.54, 1.807) is 0 Å². The number of carbonyl (C=O) groups is 1. The lowest BCUT2D eigenvalue weighted by atomic mass is 9.92. The molecule has 1 N–H and O–H groups in total. The van der Waals surface area contributed by atoms with Crippen LogP contribution in [-0.2, 0) is 11.2 Å². The maximum atomic E-state index is 12.7. The zero-order valence-corrected chi connectivity index (χ0v) is 15.8. The third-order valence-corrected chi connectivity index (χ3v) is 4.91. The molecule has 1 atom stereocenters. The molecule has 1 unspecified atom stereocenters. The van der Waals surface area contributed by atoms with E-state index in [1.165, 1.54) is 0 Å². The van der Waals surface area contributed by atoms with Gasteiger partial charge in [-0.2, -0.15) is 0 Å². The first kappa shape index (κ1) is 17.8. The molecule has 0 amide bonds. The molecule has 3 heterocycles. The predicted molar refractivity (Wildman–Crippen MR) is 104 cm³/mol. The number of rotatable bonds is 4. The van der Waals surface area contributed by atoms with Gasteiger partial charge in [-0.25, -0.2) is 4.98 Å². The summed E-state index contributed by atoms with van der Waals surface area (Å²) in [5.41, 5.74) is 2.83. The number of ether oxygens (including phenoxy) is 2. The van der Waals surface area contributed by atoms with E-state index in [0.717, 1.165) is 37.4 Å². The van der Waals surface area contributed by atoms with Crippen molar-refractivity contribution in [1.82, 2.24) is 10.3 Å². The number of hydrogen-bond donors (Lipinski definition) is 1. The topological polar surface area (TPSA) is 63.7 Å². The van der Waals surface area contributed by atoms with Crippen LogP contribution in [0.2, 0.25) is 0 Å². The summed E-state index contributed by atoms with van der Waals surface area (Å²) in [6.07, 6.45) is 0.629. The fourth-order valence-electron chi connectivity index (χ4n) is 3.57. The maximum absolute atomic E-state index is 12.7. The van der Waals surface area contributed by atoms with Crippen molar-refractivity contribution in [2.24, 2.45) is 0 Å². The van der Waals surface area contributed by atoms with Crippen LogP contribution in [-0.4, -0.2) is 43.2 Å². The summed E-state index contributed by atoms with van der Waals surface area (Å²) in [5.74, 6) is 0.546. The monoisotopic (exact) mass is 367 g/mol. The number of esters is 1. The number of fused-ring (bicyclic) bond motifs is 1. The van der Waals surface area contributed by atoms with E-state index < -0.39 is 5.92 Å². The normalized spacial score (nSPS) is 19.6. The zero-order chi connectivity index (χ0) is 18.8. The van der Waals surface area contributed by atoms with E-state index in [9.17, 15) is 4.79 Å². The third-order valence-electron chi connectivity index (χ3n) is 4.91. The largest absolute Gasteiger partial charge is 0.475 e. The number of hydrogen-bond acceptors (Lipinski definition) is 6. The third kappa shape index (κ3) is 3.90. The minimum Gasteiger partial charge on any atom is -0.475 e. The van der Waals surface area contributed by atoms with Gasteiger partial charge in [-0.15, -0.1) is 0 Å². The molecule has 1 fully saturated rings. The molecule has 2 aliphatic heterocycles. The Kier molecular flexibility index (Phi) is 4.99. The van der Waals surface area contributed by atoms with E-state index in [4.69, 9.17) is 9.47 Å². The first-order valence-electron chi connectivity index (χ1n) is 9.54. The van der Waals surface area contributed by atoms with Crippen molar-refractivity contribution >= 4 is 11.7 Å². The van der Waals surface area contributed by atoms with Crippen LogP contribution in [0.25, 0.3) is 0 Å². The van der Waals surface area contributed by atoms with Gasteiger partial charge >= 0.3 is 5.97 Å². The van der Waals surface area contributed by atoms with Crippen LogP contribution < -0.4 is 19.7 Å². The van der Waals surface area contributed by atoms with Gasteiger partial charge < -0.3 is 19.7 Å². The zero-order valence-electron chi connectivity index (χ0n) is 15.8. The van der Waals surface area contributed by atoms with Crippen LogP contribution in [0, 0.1) is 0 Å². The number of nitrogens with zero attached hydrogens (tertiary/aromatic N) is 2. The molecule has 142 valence electrons. The number of anilines is 1. The molecular weight excluding hydrogens is 342 g/mol. The summed E-state index contributed by atoms with van der Waals surface area (Å²) in [5, 5.41) is 3.35. The van der Waals surface area contributed by atoms with Gasteiger partial charge in [-0.3, -0.25) is 4.79 Å². The molecule has 1 aromatic carbocycles. The van der Waals surface area contributed by atoms with Gasteiger partial charge in [0, 0.05) is 44.0 Å². The Morgan fingerprint density at radius 1 is 1.22 bits per heavy atom. The average molecular weight is 367 g/mol. The van der Waals surface area contributed by atoms with Crippen molar-refractivity contribution < 1.29 is 14.3 Å². The Hall–Kier alpha value is -2.60. The van der Waals surface area contributed by atoms with E-state index >= 15 is 0 Å². The molecule has 1 aromatic heterocycles. The van der Waals surface area contributed by atoms with E-state index in [2.05, 4.69) is 27.3 Å². The van der Waals surface area contributed by atoms with Crippen molar-refractivity contribution in [3.63, 3.8) is 0 Å². The standard InChI is InChI=1S/C21H25N3O3/c1-14(2)26-20-5-3-4-18(23-20)17-12-15-6-7-16(13-19(15)27-21(17)25)24-10-8-22-9-11-24/h3-7,13-14,17,22H,8-12H2,1-2H3. The Labute approximate surface area is 159 Å². The predicted octanol–water partition coefficient (Wildman–Crippen LogP) is 2.52. The molecule has 4 rings (SSSR count). The molecule has 0 bridgehead atoms. The summed E-state index contributed by atoms with van der Waals surface area (Å²) in [4.78, 5) is 19.5. The SMILES string of the molecule is CC(C)Oc1cccc(C2Cc3ccc(N4CCNCC4)cc3OC2=O)n1. The number of benzene rings is 1. The van der Waals surface area contributed by atoms with Gasteiger partial charge in [0.05, 0.1) is 11.8 Å². The molecule has 0 spiro atoms. The first-order valence-corrected chi connectivity index (χ1v) is 9.54. The van der Waals surface area contributed by atoms with Crippen molar-refractivity contribution in [2.75, 3.05) is 31.1 Å². The second-order valence-electron chi connectivity index (χ2n) is 7.27. The van der Waals surface area contributed by atoms with Gasteiger partial charge in [0.2, 0.25) is 5.88 Å². The van der Waals surface area contributed by atoms with Crippen LogP contribution in [0.1, 0.15) is 31.0 Å². The highest BCUT2D eigenvalue weighted by Crippen LogP contribution is 2.35. The minimum absolute atomic E-state index is 0.0372. The van der Waals surface area contributed by atoms with Crippen LogP contribution in [0.4, 0.5) is 5.69 Å². The van der Waals surface area contributed by atoms with E-state index in [0.29, 0.717) is 23.7 Å². The molecule has 2 aliphatic rings. The second kappa shape index (κ2) is 7.56. The quantitative estimate of drug-likeness (QED) is 0.662. The van der Waals surface area contributed by atoms with Crippen molar-refractivity contribution in [3.05, 3.63) is 47.7 Å². The highest BCUT2D eigenvalue weighted by molar-refractivity contribution is 5.83. The molecular formula is C21H25N3O3. The Morgan fingerprint density at radius 3 is 2.81 bits per heavy atom. The second-order valence-corrected chi connectivity index (χ2v) is 7.27. The molecule has 0 saturated carbocycles. The fraction of sp³-hybridized carbons (Fsp3) is 0.429. The summed E-state index contributed by atoms with van der Waals surface area (Å²) in [6.45, 7) is 7.77. The fourth-order valence-corrected chi connectivity index (χ4v) is 3.57. The van der Waals surface area contributed by atoms with Crippen LogP contribution in [0.15, 0.2) is 36.4 Å². The van der Waals surface area contributed by atoms with E-state index in [1.807, 2.05) is 38.1 Å². The summed E-state index contributed by atoms with van der Waals surface area (Å²) < 4.78 is 11.3. The van der Waals surface area contributed by atoms with Crippen molar-refractivity contribution in [1.29, 1.82) is 0 Å². The molecule has 2 aromatic rings. The van der Waals surface area contributed by atoms with E-state index in [-0.39, 0.29) is 12.1 Å². The maximum Gasteiger partial charge on any atom is 0.320 e. The van der Waals surface area contributed by atoms with Gasteiger partial charge in [0.1, 0.15) is 11.7 Å².